The number of ketones is 2. The van der Waals surface area contributed by atoms with Crippen LogP contribution in [0.2, 0.25) is 0 Å². The molecule has 1 aliphatic rings. The summed E-state index contributed by atoms with van der Waals surface area (Å²) in [6.45, 7) is 0. The Kier molecular flexibility index (Phi) is 4.97. The highest BCUT2D eigenvalue weighted by molar-refractivity contribution is 9.12. The molecule has 120 valence electrons. The number of allylic oxidation sites excluding steroid dienone is 2. The molecule has 1 aliphatic carbocycles. The second-order valence-corrected chi connectivity index (χ2v) is 6.60. The Hall–Kier alpha value is -2.18. The third kappa shape index (κ3) is 3.34. The van der Waals surface area contributed by atoms with E-state index < -0.39 is 0 Å². The molecule has 0 unspecified atom stereocenters. The van der Waals surface area contributed by atoms with E-state index in [0.717, 1.165) is 11.4 Å². The molecule has 0 atom stereocenters. The van der Waals surface area contributed by atoms with Crippen molar-refractivity contribution < 1.29 is 9.59 Å². The van der Waals surface area contributed by atoms with Gasteiger partial charge in [-0.25, -0.2) is 0 Å². The van der Waals surface area contributed by atoms with E-state index in [-0.39, 0.29) is 31.9 Å². The molecule has 6 heteroatoms. The van der Waals surface area contributed by atoms with Gasteiger partial charge in [0.15, 0.2) is 0 Å². The summed E-state index contributed by atoms with van der Waals surface area (Å²) >= 11 is 6.50. The van der Waals surface area contributed by atoms with Crippen LogP contribution in [0.3, 0.4) is 0 Å². The van der Waals surface area contributed by atoms with Crippen LogP contribution in [0, 0.1) is 0 Å². The van der Waals surface area contributed by atoms with Crippen molar-refractivity contribution in [2.24, 2.45) is 0 Å². The molecular weight excluding hydrogens is 436 g/mol. The van der Waals surface area contributed by atoms with Crippen LogP contribution in [-0.4, -0.2) is 11.6 Å². The zero-order valence-corrected chi connectivity index (χ0v) is 15.5. The number of nitrogens with one attached hydrogen (secondary N) is 2. The monoisotopic (exact) mass is 446 g/mol. The summed E-state index contributed by atoms with van der Waals surface area (Å²) in [5.41, 5.74) is 1.86. The smallest absolute Gasteiger partial charge is 0.219 e. The summed E-state index contributed by atoms with van der Waals surface area (Å²) in [5, 5.41) is 5.99. The van der Waals surface area contributed by atoms with E-state index in [1.165, 1.54) is 0 Å². The third-order valence-electron chi connectivity index (χ3n) is 3.38. The van der Waals surface area contributed by atoms with E-state index >= 15 is 0 Å². The predicted molar refractivity (Wildman–Crippen MR) is 102 cm³/mol. The molecule has 0 aromatic heterocycles. The number of carbonyl (C=O) groups excluding carboxylic acids is 2. The van der Waals surface area contributed by atoms with Crippen LogP contribution in [0.15, 0.2) is 81.0 Å². The molecule has 3 rings (SSSR count). The van der Waals surface area contributed by atoms with Crippen LogP contribution < -0.4 is 10.6 Å². The van der Waals surface area contributed by atoms with Crippen molar-refractivity contribution in [1.29, 1.82) is 0 Å². The summed E-state index contributed by atoms with van der Waals surface area (Å²) in [6, 6.07) is 18.4. The van der Waals surface area contributed by atoms with Gasteiger partial charge in [-0.15, -0.1) is 0 Å². The Balaban J connectivity index is 1.91. The maximum absolute atomic E-state index is 12.6. The Bertz CT molecular complexity index is 786. The number of rotatable bonds is 4. The zero-order chi connectivity index (χ0) is 17.1. The lowest BCUT2D eigenvalue weighted by Crippen LogP contribution is -2.27. The molecule has 0 bridgehead atoms. The molecule has 0 heterocycles. The van der Waals surface area contributed by atoms with Gasteiger partial charge in [0.25, 0.3) is 0 Å². The summed E-state index contributed by atoms with van der Waals surface area (Å²) < 4.78 is 0.385. The minimum Gasteiger partial charge on any atom is -0.351 e. The van der Waals surface area contributed by atoms with Crippen molar-refractivity contribution in [3.05, 3.63) is 81.0 Å². The van der Waals surface area contributed by atoms with Gasteiger partial charge in [0.1, 0.15) is 11.4 Å². The summed E-state index contributed by atoms with van der Waals surface area (Å²) in [7, 11) is 0. The average molecular weight is 448 g/mol. The van der Waals surface area contributed by atoms with Crippen molar-refractivity contribution in [1.82, 2.24) is 0 Å². The SMILES string of the molecule is O=C1C(Br)=C(Nc2ccccc2)C(=O)C(Br)=C1Nc1ccccc1. The van der Waals surface area contributed by atoms with Crippen LogP contribution in [0.5, 0.6) is 0 Å². The van der Waals surface area contributed by atoms with E-state index in [0.29, 0.717) is 0 Å². The first-order chi connectivity index (χ1) is 11.6. The molecule has 0 radical (unpaired) electrons. The van der Waals surface area contributed by atoms with Crippen molar-refractivity contribution in [2.75, 3.05) is 10.6 Å². The molecule has 2 aromatic carbocycles. The van der Waals surface area contributed by atoms with Crippen LogP contribution in [0.4, 0.5) is 11.4 Å². The van der Waals surface area contributed by atoms with Gasteiger partial charge in [0.2, 0.25) is 11.6 Å². The van der Waals surface area contributed by atoms with Gasteiger partial charge in [0.05, 0.1) is 8.96 Å². The minimum atomic E-state index is -0.302. The molecule has 0 spiro atoms. The molecule has 0 saturated heterocycles. The minimum absolute atomic E-state index is 0.193. The van der Waals surface area contributed by atoms with Gasteiger partial charge >= 0.3 is 0 Å². The Morgan fingerprint density at radius 1 is 0.583 bits per heavy atom. The van der Waals surface area contributed by atoms with Gasteiger partial charge < -0.3 is 10.6 Å². The lowest BCUT2D eigenvalue weighted by Gasteiger charge is -2.20. The summed E-state index contributed by atoms with van der Waals surface area (Å²) in [6.07, 6.45) is 0. The van der Waals surface area contributed by atoms with E-state index in [9.17, 15) is 9.59 Å². The number of carbonyl (C=O) groups is 2. The first-order valence-electron chi connectivity index (χ1n) is 7.11. The molecule has 4 nitrogen and oxygen atoms in total. The van der Waals surface area contributed by atoms with Crippen LogP contribution in [0.25, 0.3) is 0 Å². The second-order valence-electron chi connectivity index (χ2n) is 5.02. The van der Waals surface area contributed by atoms with E-state index in [4.69, 9.17) is 0 Å². The van der Waals surface area contributed by atoms with Crippen LogP contribution in [0.1, 0.15) is 0 Å². The van der Waals surface area contributed by atoms with Gasteiger partial charge in [-0.1, -0.05) is 36.4 Å². The number of hydrogen-bond acceptors (Lipinski definition) is 4. The maximum Gasteiger partial charge on any atom is 0.219 e. The fourth-order valence-corrected chi connectivity index (χ4v) is 3.16. The van der Waals surface area contributed by atoms with Crippen molar-refractivity contribution in [3.63, 3.8) is 0 Å². The number of halogens is 2. The molecular formula is C18H12Br2N2O2. The molecule has 24 heavy (non-hydrogen) atoms. The number of para-hydroxylation sites is 2. The largest absolute Gasteiger partial charge is 0.351 e. The quantitative estimate of drug-likeness (QED) is 0.673. The van der Waals surface area contributed by atoms with Crippen molar-refractivity contribution in [3.8, 4) is 0 Å². The van der Waals surface area contributed by atoms with Gasteiger partial charge in [-0.3, -0.25) is 9.59 Å². The second kappa shape index (κ2) is 7.15. The van der Waals surface area contributed by atoms with Crippen molar-refractivity contribution in [2.45, 2.75) is 0 Å². The van der Waals surface area contributed by atoms with Crippen LogP contribution >= 0.6 is 31.9 Å². The van der Waals surface area contributed by atoms with E-state index in [1.54, 1.807) is 0 Å². The highest BCUT2D eigenvalue weighted by atomic mass is 79.9. The Morgan fingerprint density at radius 2 is 0.917 bits per heavy atom. The van der Waals surface area contributed by atoms with Gasteiger partial charge in [-0.05, 0) is 56.1 Å². The summed E-state index contributed by atoms with van der Waals surface area (Å²) in [5.74, 6) is -0.604. The number of hydrogen-bond donors (Lipinski definition) is 2. The maximum atomic E-state index is 12.6. The fraction of sp³-hybridized carbons (Fsp3) is 0. The standard InChI is InChI=1S/C18H12Br2N2O2/c19-13-15(21-11-7-3-1-4-8-11)17(23)14(20)16(18(13)24)22-12-9-5-2-6-10-12/h1-10,21-22H. The highest BCUT2D eigenvalue weighted by Crippen LogP contribution is 2.32. The number of benzene rings is 2. The number of anilines is 2. The normalized spacial score (nSPS) is 14.9. The molecule has 0 fully saturated rings. The fourth-order valence-electron chi connectivity index (χ4n) is 2.20. The first-order valence-corrected chi connectivity index (χ1v) is 8.69. The van der Waals surface area contributed by atoms with Gasteiger partial charge in [0, 0.05) is 11.4 Å². The van der Waals surface area contributed by atoms with Gasteiger partial charge in [-0.2, -0.15) is 0 Å². The molecule has 0 amide bonds. The van der Waals surface area contributed by atoms with E-state index in [2.05, 4.69) is 42.5 Å². The average Bonchev–Trinajstić information content (AvgIpc) is 2.62. The van der Waals surface area contributed by atoms with Crippen molar-refractivity contribution >= 4 is 54.8 Å². The third-order valence-corrected chi connectivity index (χ3v) is 4.89. The summed E-state index contributed by atoms with van der Waals surface area (Å²) in [4.78, 5) is 25.3. The Labute approximate surface area is 155 Å². The Morgan fingerprint density at radius 3 is 1.25 bits per heavy atom. The highest BCUT2D eigenvalue weighted by Gasteiger charge is 2.33. The molecule has 2 N–H and O–H groups in total. The molecule has 2 aromatic rings. The predicted octanol–water partition coefficient (Wildman–Crippen LogP) is 4.58. The topological polar surface area (TPSA) is 58.2 Å². The molecule has 0 aliphatic heterocycles. The van der Waals surface area contributed by atoms with Crippen LogP contribution in [-0.2, 0) is 9.59 Å². The lowest BCUT2D eigenvalue weighted by molar-refractivity contribution is -0.115. The van der Waals surface area contributed by atoms with E-state index in [1.807, 2.05) is 60.7 Å². The molecule has 0 saturated carbocycles. The lowest BCUT2D eigenvalue weighted by atomic mass is 10.1. The first kappa shape index (κ1) is 16.7. The number of Topliss-reactive ketones (excluding diaryl/α,β-unsaturated/α-hetero) is 2. The zero-order valence-electron chi connectivity index (χ0n) is 12.3.